The van der Waals surface area contributed by atoms with Crippen LogP contribution < -0.4 is 0 Å². The average molecular weight is 254 g/mol. The van der Waals surface area contributed by atoms with E-state index in [1.807, 2.05) is 0 Å². The second kappa shape index (κ2) is 7.08. The standard InChI is InChI=1S/C14H22S2/c1(3-9-15-11-5-6-12-15)2-4-10-16-13-7-8-14-16/h5-8,11-16H,1-4,9-10H2. The lowest BCUT2D eigenvalue weighted by atomic mass is 10.2. The minimum absolute atomic E-state index is 0.146. The summed E-state index contributed by atoms with van der Waals surface area (Å²) in [6.45, 7) is 0. The quantitative estimate of drug-likeness (QED) is 0.480. The van der Waals surface area contributed by atoms with Crippen LogP contribution >= 0.6 is 21.8 Å². The van der Waals surface area contributed by atoms with Gasteiger partial charge in [-0.2, -0.15) is 0 Å². The van der Waals surface area contributed by atoms with Crippen LogP contribution in [0.5, 0.6) is 0 Å². The van der Waals surface area contributed by atoms with E-state index in [1.54, 1.807) is 0 Å². The maximum Gasteiger partial charge on any atom is -0.0185 e. The van der Waals surface area contributed by atoms with Gasteiger partial charge in [0.05, 0.1) is 0 Å². The lowest BCUT2D eigenvalue weighted by Crippen LogP contribution is -1.87. The molecule has 2 heteroatoms. The summed E-state index contributed by atoms with van der Waals surface area (Å²) in [7, 11) is 0.292. The number of hydrogen-bond donors (Lipinski definition) is 2. The monoisotopic (exact) mass is 254 g/mol. The smallest absolute Gasteiger partial charge is 0.0185 e. The molecule has 16 heavy (non-hydrogen) atoms. The molecule has 0 nitrogen and oxygen atoms in total. The Morgan fingerprint density at radius 3 is 1.25 bits per heavy atom. The van der Waals surface area contributed by atoms with Crippen molar-refractivity contribution in [3.05, 3.63) is 45.9 Å². The minimum atomic E-state index is 0.146. The first-order valence-corrected chi connectivity index (χ1v) is 9.50. The fourth-order valence-electron chi connectivity index (χ4n) is 1.98. The Bertz CT molecular complexity index is 257. The zero-order valence-corrected chi connectivity index (χ0v) is 11.5. The Kier molecular flexibility index (Phi) is 5.36. The molecule has 0 aromatic heterocycles. The molecule has 0 saturated carbocycles. The summed E-state index contributed by atoms with van der Waals surface area (Å²) in [5.74, 6) is 2.83. The molecule has 0 bridgehead atoms. The van der Waals surface area contributed by atoms with Crippen molar-refractivity contribution in [1.82, 2.24) is 0 Å². The van der Waals surface area contributed by atoms with Crippen LogP contribution in [0.4, 0.5) is 0 Å². The third-order valence-electron chi connectivity index (χ3n) is 2.92. The van der Waals surface area contributed by atoms with Crippen molar-refractivity contribution in [3.63, 3.8) is 0 Å². The van der Waals surface area contributed by atoms with E-state index in [2.05, 4.69) is 45.9 Å². The maximum atomic E-state index is 2.38. The van der Waals surface area contributed by atoms with Crippen molar-refractivity contribution >= 4 is 21.8 Å². The van der Waals surface area contributed by atoms with E-state index in [9.17, 15) is 0 Å². The summed E-state index contributed by atoms with van der Waals surface area (Å²) in [6, 6.07) is 0. The van der Waals surface area contributed by atoms with E-state index in [1.165, 1.54) is 37.2 Å². The van der Waals surface area contributed by atoms with E-state index < -0.39 is 0 Å². The lowest BCUT2D eigenvalue weighted by molar-refractivity contribution is 0.711. The Morgan fingerprint density at radius 2 is 0.875 bits per heavy atom. The Labute approximate surface area is 105 Å². The molecule has 0 spiro atoms. The van der Waals surface area contributed by atoms with Crippen LogP contribution in [0.3, 0.4) is 0 Å². The number of unbranched alkanes of at least 4 members (excludes halogenated alkanes) is 3. The SMILES string of the molecule is C1=C[SH](CCCCCC[SH]2C=CC=C2)C=C1. The highest BCUT2D eigenvalue weighted by molar-refractivity contribution is 8.22. The largest absolute Gasteiger partial charge is 0.213 e. The molecule has 0 radical (unpaired) electrons. The molecule has 0 aliphatic carbocycles. The van der Waals surface area contributed by atoms with Gasteiger partial charge in [-0.15, -0.1) is 0 Å². The van der Waals surface area contributed by atoms with Crippen molar-refractivity contribution < 1.29 is 0 Å². The number of allylic oxidation sites excluding steroid dienone is 4. The van der Waals surface area contributed by atoms with Crippen LogP contribution in [0.15, 0.2) is 45.9 Å². The molecular formula is C14H22S2. The van der Waals surface area contributed by atoms with Gasteiger partial charge in [-0.25, -0.2) is 21.8 Å². The van der Waals surface area contributed by atoms with Gasteiger partial charge in [0.1, 0.15) is 0 Å². The number of thiol groups is 2. The highest BCUT2D eigenvalue weighted by Crippen LogP contribution is 2.35. The first kappa shape index (κ1) is 12.1. The average Bonchev–Trinajstić information content (AvgIpc) is 2.96. The number of rotatable bonds is 7. The van der Waals surface area contributed by atoms with Gasteiger partial charge in [0.2, 0.25) is 0 Å². The van der Waals surface area contributed by atoms with Gasteiger partial charge in [-0.1, -0.05) is 37.1 Å². The van der Waals surface area contributed by atoms with Crippen LogP contribution in [0.25, 0.3) is 0 Å². The van der Waals surface area contributed by atoms with Crippen molar-refractivity contribution in [1.29, 1.82) is 0 Å². The Morgan fingerprint density at radius 1 is 0.500 bits per heavy atom. The van der Waals surface area contributed by atoms with Gasteiger partial charge < -0.3 is 0 Å². The molecule has 2 heterocycles. The van der Waals surface area contributed by atoms with E-state index in [0.717, 1.165) is 0 Å². The fourth-order valence-corrected chi connectivity index (χ4v) is 5.24. The van der Waals surface area contributed by atoms with Gasteiger partial charge in [-0.05, 0) is 46.0 Å². The topological polar surface area (TPSA) is 0 Å². The summed E-state index contributed by atoms with van der Waals surface area (Å²) in [5.41, 5.74) is 0. The molecule has 2 aliphatic rings. The molecule has 0 fully saturated rings. The van der Waals surface area contributed by atoms with Crippen molar-refractivity contribution in [3.8, 4) is 0 Å². The third kappa shape index (κ3) is 4.26. The first-order chi connectivity index (χ1) is 7.95. The molecule has 0 saturated heterocycles. The summed E-state index contributed by atoms with van der Waals surface area (Å²) in [6.07, 6.45) is 14.5. The zero-order chi connectivity index (χ0) is 11.1. The third-order valence-corrected chi connectivity index (χ3v) is 6.80. The molecule has 0 N–H and O–H groups in total. The normalized spacial score (nSPS) is 21.5. The molecule has 0 unspecified atom stereocenters. The van der Waals surface area contributed by atoms with Gasteiger partial charge in [0.15, 0.2) is 0 Å². The molecule has 0 aromatic carbocycles. The van der Waals surface area contributed by atoms with Crippen LogP contribution in [0, 0.1) is 0 Å². The van der Waals surface area contributed by atoms with Crippen LogP contribution in [0.1, 0.15) is 25.7 Å². The second-order valence-electron chi connectivity index (χ2n) is 4.26. The van der Waals surface area contributed by atoms with E-state index in [4.69, 9.17) is 0 Å². The van der Waals surface area contributed by atoms with Crippen LogP contribution in [-0.4, -0.2) is 11.5 Å². The van der Waals surface area contributed by atoms with E-state index >= 15 is 0 Å². The fraction of sp³-hybridized carbons (Fsp3) is 0.429. The van der Waals surface area contributed by atoms with Crippen molar-refractivity contribution in [2.24, 2.45) is 0 Å². The Balaban J connectivity index is 1.43. The summed E-state index contributed by atoms with van der Waals surface area (Å²) >= 11 is 0. The second-order valence-corrected chi connectivity index (χ2v) is 8.40. The maximum absolute atomic E-state index is 2.38. The Hall–Kier alpha value is -0.340. The molecule has 0 aromatic rings. The van der Waals surface area contributed by atoms with Crippen LogP contribution in [-0.2, 0) is 0 Å². The lowest BCUT2D eigenvalue weighted by Gasteiger charge is -2.11. The summed E-state index contributed by atoms with van der Waals surface area (Å²) in [5, 5.41) is 9.53. The zero-order valence-electron chi connectivity index (χ0n) is 9.76. The van der Waals surface area contributed by atoms with Crippen molar-refractivity contribution in [2.45, 2.75) is 25.7 Å². The van der Waals surface area contributed by atoms with Gasteiger partial charge >= 0.3 is 0 Å². The molecular weight excluding hydrogens is 232 g/mol. The molecule has 90 valence electrons. The summed E-state index contributed by atoms with van der Waals surface area (Å²) < 4.78 is 0. The highest BCUT2D eigenvalue weighted by atomic mass is 32.2. The first-order valence-electron chi connectivity index (χ1n) is 6.17. The predicted molar refractivity (Wildman–Crippen MR) is 82.7 cm³/mol. The molecule has 2 aliphatic heterocycles. The van der Waals surface area contributed by atoms with E-state index in [0.29, 0.717) is 0 Å². The summed E-state index contributed by atoms with van der Waals surface area (Å²) in [4.78, 5) is 0. The minimum Gasteiger partial charge on any atom is -0.213 e. The predicted octanol–water partition coefficient (Wildman–Crippen LogP) is 4.63. The van der Waals surface area contributed by atoms with Gasteiger partial charge in [0, 0.05) is 0 Å². The van der Waals surface area contributed by atoms with Gasteiger partial charge in [-0.3, -0.25) is 0 Å². The van der Waals surface area contributed by atoms with Gasteiger partial charge in [0.25, 0.3) is 0 Å². The van der Waals surface area contributed by atoms with Crippen LogP contribution in [0.2, 0.25) is 0 Å². The van der Waals surface area contributed by atoms with Crippen molar-refractivity contribution in [2.75, 3.05) is 11.5 Å². The molecule has 0 amide bonds. The highest BCUT2D eigenvalue weighted by Gasteiger charge is 2.00. The van der Waals surface area contributed by atoms with E-state index in [-0.39, 0.29) is 21.8 Å². The number of hydrogen-bond acceptors (Lipinski definition) is 0. The molecule has 0 atom stereocenters. The molecule has 2 rings (SSSR count).